The predicted octanol–water partition coefficient (Wildman–Crippen LogP) is 1.14. The van der Waals surface area contributed by atoms with Crippen LogP contribution in [0.4, 0.5) is 10.8 Å². The SMILES string of the molecule is O=C1C2CCC[NH+]2C(c2ccc([N+](=O)[O-])cc2)N1c1nccs1. The van der Waals surface area contributed by atoms with Gasteiger partial charge in [0.25, 0.3) is 11.6 Å². The van der Waals surface area contributed by atoms with Crippen molar-refractivity contribution in [2.45, 2.75) is 25.0 Å². The minimum absolute atomic E-state index is 0.0286. The van der Waals surface area contributed by atoms with E-state index >= 15 is 0 Å². The van der Waals surface area contributed by atoms with Gasteiger partial charge in [-0.3, -0.25) is 14.9 Å². The number of quaternary nitrogens is 1. The third-order valence-corrected chi connectivity index (χ3v) is 5.37. The zero-order chi connectivity index (χ0) is 16.0. The number of benzene rings is 1. The smallest absolute Gasteiger partial charge is 0.292 e. The van der Waals surface area contributed by atoms with Crippen molar-refractivity contribution in [1.82, 2.24) is 4.98 Å². The maximum atomic E-state index is 12.8. The van der Waals surface area contributed by atoms with Crippen molar-refractivity contribution in [3.05, 3.63) is 51.5 Å². The Kier molecular flexibility index (Phi) is 3.35. The molecular formula is C15H15N4O3S+. The van der Waals surface area contributed by atoms with Crippen LogP contribution in [0, 0.1) is 10.1 Å². The number of nitrogens with one attached hydrogen (secondary N) is 1. The van der Waals surface area contributed by atoms with Crippen molar-refractivity contribution in [3.8, 4) is 0 Å². The number of nitrogens with zero attached hydrogens (tertiary/aromatic N) is 3. The molecule has 1 aromatic carbocycles. The number of carbonyl (C=O) groups is 1. The molecule has 2 fully saturated rings. The van der Waals surface area contributed by atoms with E-state index in [0.717, 1.165) is 24.9 Å². The highest BCUT2D eigenvalue weighted by Gasteiger charge is 2.54. The summed E-state index contributed by atoms with van der Waals surface area (Å²) in [7, 11) is 0. The molecule has 0 aliphatic carbocycles. The minimum atomic E-state index is -0.409. The quantitative estimate of drug-likeness (QED) is 0.676. The zero-order valence-corrected chi connectivity index (χ0v) is 13.0. The number of amides is 1. The van der Waals surface area contributed by atoms with E-state index in [0.29, 0.717) is 5.13 Å². The number of nitro groups is 1. The highest BCUT2D eigenvalue weighted by Crippen LogP contribution is 2.32. The van der Waals surface area contributed by atoms with Gasteiger partial charge < -0.3 is 4.90 Å². The van der Waals surface area contributed by atoms with Gasteiger partial charge in [-0.15, -0.1) is 11.3 Å². The van der Waals surface area contributed by atoms with E-state index in [-0.39, 0.29) is 23.8 Å². The van der Waals surface area contributed by atoms with Gasteiger partial charge in [0, 0.05) is 42.1 Å². The molecular weight excluding hydrogens is 316 g/mol. The molecule has 8 heteroatoms. The number of fused-ring (bicyclic) bond motifs is 1. The van der Waals surface area contributed by atoms with E-state index in [1.165, 1.54) is 28.4 Å². The molecule has 3 atom stereocenters. The van der Waals surface area contributed by atoms with Gasteiger partial charge in [-0.2, -0.15) is 0 Å². The van der Waals surface area contributed by atoms with Crippen LogP contribution in [0.2, 0.25) is 0 Å². The molecule has 0 radical (unpaired) electrons. The Labute approximate surface area is 136 Å². The van der Waals surface area contributed by atoms with E-state index in [1.54, 1.807) is 23.2 Å². The standard InChI is InChI=1S/C15H14N4O3S/c20-14-12-2-1-8-17(12)13(18(14)15-16-7-9-23-15)10-3-5-11(6-4-10)19(21)22/h3-7,9,12-13H,1-2,8H2/p+1. The number of anilines is 1. The summed E-state index contributed by atoms with van der Waals surface area (Å²) >= 11 is 1.44. The van der Waals surface area contributed by atoms with Gasteiger partial charge >= 0.3 is 0 Å². The Bertz CT molecular complexity index is 747. The molecule has 0 saturated carbocycles. The normalized spacial score (nSPS) is 26.5. The third-order valence-electron chi connectivity index (χ3n) is 4.60. The van der Waals surface area contributed by atoms with Crippen molar-refractivity contribution in [2.75, 3.05) is 11.4 Å². The summed E-state index contributed by atoms with van der Waals surface area (Å²) < 4.78 is 0. The summed E-state index contributed by atoms with van der Waals surface area (Å²) in [6, 6.07) is 6.49. The van der Waals surface area contributed by atoms with Crippen LogP contribution in [0.3, 0.4) is 0 Å². The summed E-state index contributed by atoms with van der Waals surface area (Å²) in [5.74, 6) is 0.107. The Hall–Kier alpha value is -2.32. The number of nitro benzene ring substituents is 1. The minimum Gasteiger partial charge on any atom is -0.301 e. The number of rotatable bonds is 3. The monoisotopic (exact) mass is 331 g/mol. The molecule has 7 nitrogen and oxygen atoms in total. The second-order valence-electron chi connectivity index (χ2n) is 5.79. The van der Waals surface area contributed by atoms with Gasteiger partial charge in [0.15, 0.2) is 17.3 Å². The molecule has 2 aromatic rings. The average Bonchev–Trinajstić information content (AvgIpc) is 3.26. The highest BCUT2D eigenvalue weighted by molar-refractivity contribution is 7.13. The molecule has 118 valence electrons. The summed E-state index contributed by atoms with van der Waals surface area (Å²) in [5.41, 5.74) is 0.977. The summed E-state index contributed by atoms with van der Waals surface area (Å²) in [6.07, 6.45) is 3.46. The molecule has 1 aromatic heterocycles. The van der Waals surface area contributed by atoms with Crippen LogP contribution in [0.1, 0.15) is 24.6 Å². The Morgan fingerprint density at radius 1 is 1.35 bits per heavy atom. The van der Waals surface area contributed by atoms with E-state index in [1.807, 2.05) is 5.38 Å². The van der Waals surface area contributed by atoms with Crippen LogP contribution in [-0.4, -0.2) is 28.4 Å². The molecule has 1 N–H and O–H groups in total. The van der Waals surface area contributed by atoms with Gasteiger partial charge in [0.05, 0.1) is 11.5 Å². The summed E-state index contributed by atoms with van der Waals surface area (Å²) in [6.45, 7) is 0.930. The molecule has 3 unspecified atom stereocenters. The maximum Gasteiger partial charge on any atom is 0.292 e. The fourth-order valence-electron chi connectivity index (χ4n) is 3.62. The lowest BCUT2D eigenvalue weighted by atomic mass is 10.1. The summed E-state index contributed by atoms with van der Waals surface area (Å²) in [4.78, 5) is 30.5. The van der Waals surface area contributed by atoms with E-state index in [4.69, 9.17) is 0 Å². The van der Waals surface area contributed by atoms with Gasteiger partial charge in [-0.1, -0.05) is 0 Å². The van der Waals surface area contributed by atoms with Crippen molar-refractivity contribution >= 4 is 28.1 Å². The molecule has 0 spiro atoms. The third kappa shape index (κ3) is 2.22. The molecule has 0 bridgehead atoms. The second-order valence-corrected chi connectivity index (χ2v) is 6.67. The fourth-order valence-corrected chi connectivity index (χ4v) is 4.30. The van der Waals surface area contributed by atoms with Crippen LogP contribution in [0.15, 0.2) is 35.8 Å². The molecule has 2 aliphatic rings. The highest BCUT2D eigenvalue weighted by atomic mass is 32.1. The van der Waals surface area contributed by atoms with Gasteiger partial charge in [-0.25, -0.2) is 9.88 Å². The van der Waals surface area contributed by atoms with Crippen LogP contribution < -0.4 is 9.80 Å². The number of aromatic nitrogens is 1. The van der Waals surface area contributed by atoms with E-state index in [9.17, 15) is 14.9 Å². The van der Waals surface area contributed by atoms with E-state index < -0.39 is 4.92 Å². The Morgan fingerprint density at radius 2 is 2.13 bits per heavy atom. The first-order chi connectivity index (χ1) is 11.2. The molecule has 1 amide bonds. The Balaban J connectivity index is 1.76. The van der Waals surface area contributed by atoms with Gasteiger partial charge in [0.2, 0.25) is 0 Å². The zero-order valence-electron chi connectivity index (χ0n) is 12.2. The molecule has 3 heterocycles. The first-order valence-corrected chi connectivity index (χ1v) is 8.37. The van der Waals surface area contributed by atoms with Crippen molar-refractivity contribution in [2.24, 2.45) is 0 Å². The number of carbonyl (C=O) groups excluding carboxylic acids is 1. The largest absolute Gasteiger partial charge is 0.301 e. The average molecular weight is 331 g/mol. The first-order valence-electron chi connectivity index (χ1n) is 7.49. The molecule has 23 heavy (non-hydrogen) atoms. The number of hydrogen-bond acceptors (Lipinski definition) is 5. The molecule has 4 rings (SSSR count). The van der Waals surface area contributed by atoms with Crippen molar-refractivity contribution in [1.29, 1.82) is 0 Å². The first kappa shape index (κ1) is 14.3. The van der Waals surface area contributed by atoms with Crippen molar-refractivity contribution < 1.29 is 14.6 Å². The number of thiazole rings is 1. The predicted molar refractivity (Wildman–Crippen MR) is 84.3 cm³/mol. The van der Waals surface area contributed by atoms with Gasteiger partial charge in [0.1, 0.15) is 0 Å². The maximum absolute atomic E-state index is 12.8. The number of non-ortho nitro benzene ring substituents is 1. The van der Waals surface area contributed by atoms with Crippen LogP contribution in [-0.2, 0) is 4.79 Å². The molecule has 2 saturated heterocycles. The number of hydrogen-bond donors (Lipinski definition) is 1. The van der Waals surface area contributed by atoms with Crippen LogP contribution in [0.5, 0.6) is 0 Å². The van der Waals surface area contributed by atoms with Crippen molar-refractivity contribution in [3.63, 3.8) is 0 Å². The topological polar surface area (TPSA) is 80.8 Å². The molecule has 2 aliphatic heterocycles. The van der Waals surface area contributed by atoms with Crippen LogP contribution in [0.25, 0.3) is 0 Å². The van der Waals surface area contributed by atoms with E-state index in [2.05, 4.69) is 4.98 Å². The lowest BCUT2D eigenvalue weighted by Crippen LogP contribution is -3.12. The Morgan fingerprint density at radius 3 is 2.78 bits per heavy atom. The summed E-state index contributed by atoms with van der Waals surface area (Å²) in [5, 5.41) is 13.4. The lowest BCUT2D eigenvalue weighted by molar-refractivity contribution is -0.924. The van der Waals surface area contributed by atoms with Gasteiger partial charge in [-0.05, 0) is 12.1 Å². The lowest BCUT2D eigenvalue weighted by Gasteiger charge is -2.24. The second kappa shape index (κ2) is 5.39. The fraction of sp³-hybridized carbons (Fsp3) is 0.333. The van der Waals surface area contributed by atoms with Crippen LogP contribution >= 0.6 is 11.3 Å².